The molecule has 23 heteroatoms. The van der Waals surface area contributed by atoms with E-state index in [2.05, 4.69) is 10.6 Å². The summed E-state index contributed by atoms with van der Waals surface area (Å²) < 4.78 is 112. The molecule has 4 aromatic rings. The summed E-state index contributed by atoms with van der Waals surface area (Å²) in [5.41, 5.74) is -2.94. The lowest BCUT2D eigenvalue weighted by Crippen LogP contribution is -2.53. The first-order valence-corrected chi connectivity index (χ1v) is 21.6. The molecule has 4 aliphatic rings. The molecular formula is C48H38F8N9O6+. The smallest absolute Gasteiger partial charge is 0.419 e. The number of benzene rings is 4. The number of nitrogens with zero attached hydrogens (tertiary/aromatic N) is 7. The second kappa shape index (κ2) is 18.5. The van der Waals surface area contributed by atoms with Crippen molar-refractivity contribution in [3.63, 3.8) is 0 Å². The van der Waals surface area contributed by atoms with Crippen molar-refractivity contribution >= 4 is 41.2 Å². The fraction of sp³-hybridized carbons (Fsp3) is 0.271. The minimum atomic E-state index is -5.14. The maximum atomic E-state index is 14.4. The molecule has 71 heavy (non-hydrogen) atoms. The number of anilines is 2. The largest absolute Gasteiger partial charge is 0.477 e. The van der Waals surface area contributed by atoms with Gasteiger partial charge in [0.15, 0.2) is 6.54 Å². The summed E-state index contributed by atoms with van der Waals surface area (Å²) >= 11 is 0. The van der Waals surface area contributed by atoms with Crippen LogP contribution < -0.4 is 20.4 Å². The maximum absolute atomic E-state index is 14.4. The minimum absolute atomic E-state index is 0.00349. The maximum Gasteiger partial charge on any atom is 0.419 e. The summed E-state index contributed by atoms with van der Waals surface area (Å²) in [6.07, 6.45) is -10.2. The lowest BCUT2D eigenvalue weighted by atomic mass is 9.94. The van der Waals surface area contributed by atoms with Crippen molar-refractivity contribution in [1.82, 2.24) is 20.4 Å². The Morgan fingerprint density at radius 3 is 1.45 bits per heavy atom. The fourth-order valence-corrected chi connectivity index (χ4v) is 9.24. The lowest BCUT2D eigenvalue weighted by molar-refractivity contribution is -0.902. The highest BCUT2D eigenvalue weighted by atomic mass is 19.4. The standard InChI is InChI=1S/C48H37F8N9O6/c1-65(25-38(66)67,18-16-62-24-37-40(44(62)69)42(29-9-5-27(22-58)6-10-29)60-46(71)64(37)31-12-14-35(50)33(20-31)48(54,55)56)17-2-15-61-23-36-39(43(61)68)41(28-7-3-26(21-57)4-8-28)59-45(70)63(36)30-11-13-34(49)32(19-30)47(51,52)53/h3-14,19-20,41-42H,2,15-18,23-25H2,1H3,(H2-,59,60,66,67,70,71)/p+1. The summed E-state index contributed by atoms with van der Waals surface area (Å²) in [6, 6.07) is 15.4. The summed E-state index contributed by atoms with van der Waals surface area (Å²) in [6.45, 7) is -1.42. The van der Waals surface area contributed by atoms with E-state index in [4.69, 9.17) is 0 Å². The minimum Gasteiger partial charge on any atom is -0.477 e. The number of nitrogens with one attached hydrogen (secondary N) is 2. The number of urea groups is 2. The van der Waals surface area contributed by atoms with Crippen molar-refractivity contribution in [2.45, 2.75) is 30.9 Å². The van der Waals surface area contributed by atoms with Gasteiger partial charge in [-0.3, -0.25) is 19.4 Å². The van der Waals surface area contributed by atoms with E-state index in [0.717, 1.165) is 21.9 Å². The van der Waals surface area contributed by atoms with E-state index in [9.17, 15) is 74.7 Å². The van der Waals surface area contributed by atoms with E-state index in [1.807, 2.05) is 12.1 Å². The first-order valence-electron chi connectivity index (χ1n) is 21.6. The Labute approximate surface area is 398 Å². The molecule has 3 unspecified atom stereocenters. The molecule has 0 saturated carbocycles. The van der Waals surface area contributed by atoms with Crippen LogP contribution in [-0.4, -0.2) is 102 Å². The zero-order valence-corrected chi connectivity index (χ0v) is 37.0. The Morgan fingerprint density at radius 1 is 0.662 bits per heavy atom. The molecule has 0 spiro atoms. The topological polar surface area (TPSA) is 190 Å². The van der Waals surface area contributed by atoms with Gasteiger partial charge >= 0.3 is 30.4 Å². The predicted octanol–water partition coefficient (Wildman–Crippen LogP) is 7.10. The van der Waals surface area contributed by atoms with Gasteiger partial charge < -0.3 is 30.0 Å². The number of likely N-dealkylation sites (N-methyl/N-ethyl adjacent to an activating group) is 1. The number of aliphatic carboxylic acids is 1. The predicted molar refractivity (Wildman–Crippen MR) is 233 cm³/mol. The molecule has 4 aliphatic heterocycles. The zero-order valence-electron chi connectivity index (χ0n) is 37.0. The Morgan fingerprint density at radius 2 is 1.07 bits per heavy atom. The molecular weight excluding hydrogens is 951 g/mol. The van der Waals surface area contributed by atoms with Crippen molar-refractivity contribution in [3.8, 4) is 12.1 Å². The second-order valence-electron chi connectivity index (χ2n) is 17.4. The first kappa shape index (κ1) is 49.1. The third-order valence-electron chi connectivity index (χ3n) is 12.7. The van der Waals surface area contributed by atoms with Crippen LogP contribution in [-0.2, 0) is 26.7 Å². The number of carboxylic acid groups (broad SMARTS) is 1. The van der Waals surface area contributed by atoms with Crippen molar-refractivity contribution < 1.29 is 68.7 Å². The van der Waals surface area contributed by atoms with Gasteiger partial charge in [0, 0.05) is 13.0 Å². The average Bonchev–Trinajstić information content (AvgIpc) is 3.82. The van der Waals surface area contributed by atoms with Crippen LogP contribution >= 0.6 is 0 Å². The third-order valence-corrected chi connectivity index (χ3v) is 12.7. The molecule has 0 fully saturated rings. The van der Waals surface area contributed by atoms with E-state index in [-0.39, 0.29) is 89.5 Å². The van der Waals surface area contributed by atoms with E-state index in [1.165, 1.54) is 58.3 Å². The quantitative estimate of drug-likeness (QED) is 0.0934. The first-order chi connectivity index (χ1) is 33.5. The number of halogens is 8. The van der Waals surface area contributed by atoms with E-state index >= 15 is 0 Å². The van der Waals surface area contributed by atoms with E-state index in [0.29, 0.717) is 35.4 Å². The van der Waals surface area contributed by atoms with Crippen molar-refractivity contribution in [3.05, 3.63) is 152 Å². The molecule has 3 atom stereocenters. The highest BCUT2D eigenvalue weighted by Crippen LogP contribution is 2.43. The van der Waals surface area contributed by atoms with Crippen LogP contribution in [0.4, 0.5) is 56.1 Å². The van der Waals surface area contributed by atoms with Gasteiger partial charge in [-0.2, -0.15) is 36.9 Å². The molecule has 3 N–H and O–H groups in total. The lowest BCUT2D eigenvalue weighted by Gasteiger charge is -2.35. The number of amides is 6. The Hall–Kier alpha value is -8.31. The third kappa shape index (κ3) is 9.55. The zero-order chi connectivity index (χ0) is 51.3. The molecule has 0 bridgehead atoms. The number of hydrogen-bond donors (Lipinski definition) is 3. The molecule has 15 nitrogen and oxygen atoms in total. The normalized spacial score (nSPS) is 19.0. The Kier molecular flexibility index (Phi) is 12.8. The molecule has 0 aliphatic carbocycles. The highest BCUT2D eigenvalue weighted by Gasteiger charge is 2.48. The SMILES string of the molecule is C[N+](CCCN1CC2=C(C1=O)C(c1ccc(C#N)cc1)NC(=O)N2c1ccc(F)c(C(F)(F)F)c1)(CCN1CC2=C(C1=O)C(c1ccc(C#N)cc1)NC(=O)N2c1ccc(F)c(C(F)(F)F)c1)CC(=O)O. The van der Waals surface area contributed by atoms with Gasteiger partial charge in [0.25, 0.3) is 11.8 Å². The van der Waals surface area contributed by atoms with Gasteiger partial charge in [-0.25, -0.2) is 23.2 Å². The number of carboxylic acids is 1. The monoisotopic (exact) mass is 988 g/mol. The number of alkyl halides is 6. The molecule has 0 aromatic heterocycles. The second-order valence-corrected chi connectivity index (χ2v) is 17.4. The Bertz CT molecular complexity index is 3040. The van der Waals surface area contributed by atoms with Gasteiger partial charge in [0.2, 0.25) is 0 Å². The van der Waals surface area contributed by atoms with Gasteiger partial charge in [-0.05, 0) is 71.8 Å². The summed E-state index contributed by atoms with van der Waals surface area (Å²) in [5.74, 6) is -5.71. The number of rotatable bonds is 13. The van der Waals surface area contributed by atoms with Crippen LogP contribution in [0.3, 0.4) is 0 Å². The van der Waals surface area contributed by atoms with Crippen LogP contribution in [0, 0.1) is 34.3 Å². The van der Waals surface area contributed by atoms with Crippen LogP contribution in [0.2, 0.25) is 0 Å². The van der Waals surface area contributed by atoms with Crippen molar-refractivity contribution in [2.75, 3.05) is 62.7 Å². The Balaban J connectivity index is 1.03. The van der Waals surface area contributed by atoms with Crippen LogP contribution in [0.25, 0.3) is 0 Å². The van der Waals surface area contributed by atoms with Crippen LogP contribution in [0.1, 0.15) is 51.9 Å². The van der Waals surface area contributed by atoms with Gasteiger partial charge in [-0.15, -0.1) is 0 Å². The van der Waals surface area contributed by atoms with Crippen LogP contribution in [0.15, 0.2) is 107 Å². The molecule has 4 heterocycles. The number of nitriles is 2. The van der Waals surface area contributed by atoms with Crippen LogP contribution in [0.5, 0.6) is 0 Å². The number of carbonyl (C=O) groups excluding carboxylic acids is 4. The summed E-state index contributed by atoms with van der Waals surface area (Å²) in [7, 11) is 1.57. The number of carbonyl (C=O) groups is 5. The fourth-order valence-electron chi connectivity index (χ4n) is 9.24. The van der Waals surface area contributed by atoms with Gasteiger partial charge in [0.05, 0.1) is 120 Å². The average molecular weight is 989 g/mol. The van der Waals surface area contributed by atoms with E-state index < -0.39 is 89.3 Å². The summed E-state index contributed by atoms with van der Waals surface area (Å²) in [4.78, 5) is 72.9. The molecule has 366 valence electrons. The van der Waals surface area contributed by atoms with E-state index in [1.54, 1.807) is 7.05 Å². The van der Waals surface area contributed by atoms with Crippen molar-refractivity contribution in [1.29, 1.82) is 10.5 Å². The molecule has 0 radical (unpaired) electrons. The highest BCUT2D eigenvalue weighted by molar-refractivity contribution is 6.08. The molecule has 8 rings (SSSR count). The molecule has 6 amide bonds. The number of hydrogen-bond acceptors (Lipinski definition) is 7. The molecule has 0 saturated heterocycles. The molecule has 4 aromatic carbocycles. The van der Waals surface area contributed by atoms with Gasteiger partial charge in [-0.1, -0.05) is 24.3 Å². The van der Waals surface area contributed by atoms with Crippen molar-refractivity contribution in [2.24, 2.45) is 0 Å². The number of quaternary nitrogens is 1. The van der Waals surface area contributed by atoms with Gasteiger partial charge in [0.1, 0.15) is 11.6 Å². The summed E-state index contributed by atoms with van der Waals surface area (Å²) in [5, 5.41) is 34.0.